The van der Waals surface area contributed by atoms with Crippen LogP contribution in [0.5, 0.6) is 0 Å². The van der Waals surface area contributed by atoms with Crippen molar-refractivity contribution < 1.29 is 13.6 Å². The second-order valence-corrected chi connectivity index (χ2v) is 2.46. The lowest BCUT2D eigenvalue weighted by molar-refractivity contribution is 0.0996. The van der Waals surface area contributed by atoms with E-state index in [0.717, 1.165) is 4.90 Å². The van der Waals surface area contributed by atoms with Crippen molar-refractivity contribution in [1.29, 1.82) is 0 Å². The van der Waals surface area contributed by atoms with E-state index < -0.39 is 19.0 Å². The topological polar surface area (TPSA) is 58.4 Å². The Bertz CT molecular complexity index is 155. The Morgan fingerprint density at radius 2 is 2.23 bits per heavy atom. The molecule has 78 valence electrons. The summed E-state index contributed by atoms with van der Waals surface area (Å²) in [6.07, 6.45) is -2.52. The third-order valence-electron chi connectivity index (χ3n) is 1.37. The highest BCUT2D eigenvalue weighted by Gasteiger charge is 2.16. The summed E-state index contributed by atoms with van der Waals surface area (Å²) >= 11 is 0. The van der Waals surface area contributed by atoms with Gasteiger partial charge in [0, 0.05) is 19.6 Å². The second-order valence-electron chi connectivity index (χ2n) is 2.46. The predicted octanol–water partition coefficient (Wildman–Crippen LogP) is 0.242. The number of hydrogen-bond acceptors (Lipinski definition) is 2. The van der Waals surface area contributed by atoms with E-state index in [1.807, 2.05) is 0 Å². The number of hydrogen-bond donors (Lipinski definition) is 2. The van der Waals surface area contributed by atoms with E-state index in [-0.39, 0.29) is 13.1 Å². The highest BCUT2D eigenvalue weighted by molar-refractivity contribution is 5.74. The highest BCUT2D eigenvalue weighted by atomic mass is 19.3. The Kier molecular flexibility index (Phi) is 6.13. The maximum absolute atomic E-state index is 11.9. The first-order chi connectivity index (χ1) is 6.11. The number of rotatable bonds is 5. The summed E-state index contributed by atoms with van der Waals surface area (Å²) in [6.45, 7) is 1.91. The third kappa shape index (κ3) is 5.35. The number of carbonyl (C=O) groups excluding carboxylic acids is 1. The van der Waals surface area contributed by atoms with Crippen molar-refractivity contribution >= 4 is 6.03 Å². The molecule has 0 aliphatic rings. The average molecular weight is 195 g/mol. The number of carbonyl (C=O) groups is 1. The fraction of sp³-hybridized carbons (Fsp3) is 0.857. The van der Waals surface area contributed by atoms with E-state index in [4.69, 9.17) is 5.73 Å². The van der Waals surface area contributed by atoms with Gasteiger partial charge in [0.05, 0.1) is 6.54 Å². The summed E-state index contributed by atoms with van der Waals surface area (Å²) in [7, 11) is 0. The van der Waals surface area contributed by atoms with E-state index in [9.17, 15) is 13.6 Å². The van der Waals surface area contributed by atoms with Crippen LogP contribution in [0, 0.1) is 0 Å². The van der Waals surface area contributed by atoms with Crippen molar-refractivity contribution in [3.63, 3.8) is 0 Å². The molecule has 0 aromatic rings. The molecule has 3 N–H and O–H groups in total. The number of urea groups is 1. The van der Waals surface area contributed by atoms with Crippen LogP contribution in [-0.2, 0) is 0 Å². The van der Waals surface area contributed by atoms with E-state index in [0.29, 0.717) is 6.54 Å². The van der Waals surface area contributed by atoms with Crippen molar-refractivity contribution in [2.45, 2.75) is 13.3 Å². The van der Waals surface area contributed by atoms with Gasteiger partial charge in [-0.2, -0.15) is 0 Å². The average Bonchev–Trinajstić information content (AvgIpc) is 2.03. The fourth-order valence-electron chi connectivity index (χ4n) is 0.861. The standard InChI is InChI=1S/C7H15F2N3O/c1-2-11-7(13)12(4-3-10)5-6(8)9/h6H,2-5,10H2,1H3,(H,11,13). The normalized spacial score (nSPS) is 10.2. The van der Waals surface area contributed by atoms with Crippen LogP contribution in [0.3, 0.4) is 0 Å². The fourth-order valence-corrected chi connectivity index (χ4v) is 0.861. The van der Waals surface area contributed by atoms with Gasteiger partial charge in [-0.3, -0.25) is 0 Å². The first kappa shape index (κ1) is 12.1. The minimum Gasteiger partial charge on any atom is -0.338 e. The van der Waals surface area contributed by atoms with Gasteiger partial charge in [-0.25, -0.2) is 13.6 Å². The molecule has 0 spiro atoms. The van der Waals surface area contributed by atoms with Crippen molar-refractivity contribution in [2.75, 3.05) is 26.2 Å². The molecule has 0 aromatic heterocycles. The number of alkyl halides is 2. The Hall–Kier alpha value is -0.910. The van der Waals surface area contributed by atoms with Crippen molar-refractivity contribution in [2.24, 2.45) is 5.73 Å². The van der Waals surface area contributed by atoms with Crippen molar-refractivity contribution in [3.8, 4) is 0 Å². The number of halogens is 2. The van der Waals surface area contributed by atoms with Crippen LogP contribution in [0.4, 0.5) is 13.6 Å². The number of nitrogens with two attached hydrogens (primary N) is 1. The Morgan fingerprint density at radius 1 is 1.62 bits per heavy atom. The van der Waals surface area contributed by atoms with Crippen LogP contribution >= 0.6 is 0 Å². The molecule has 0 radical (unpaired) electrons. The molecule has 6 heteroatoms. The van der Waals surface area contributed by atoms with Gasteiger partial charge in [-0.15, -0.1) is 0 Å². The summed E-state index contributed by atoms with van der Waals surface area (Å²) in [5, 5.41) is 2.43. The number of amides is 2. The van der Waals surface area contributed by atoms with E-state index >= 15 is 0 Å². The molecule has 0 aliphatic heterocycles. The second kappa shape index (κ2) is 6.59. The van der Waals surface area contributed by atoms with Crippen LogP contribution in [-0.4, -0.2) is 43.5 Å². The molecule has 0 aromatic carbocycles. The summed E-state index contributed by atoms with van der Waals surface area (Å²) in [5.41, 5.74) is 5.17. The molecule has 0 saturated carbocycles. The minimum absolute atomic E-state index is 0.149. The van der Waals surface area contributed by atoms with Gasteiger partial charge in [0.1, 0.15) is 0 Å². The molecule has 2 amide bonds. The van der Waals surface area contributed by atoms with Crippen LogP contribution in [0.1, 0.15) is 6.92 Å². The summed E-state index contributed by atoms with van der Waals surface area (Å²) in [6, 6.07) is -0.492. The molecule has 0 atom stereocenters. The van der Waals surface area contributed by atoms with Crippen molar-refractivity contribution in [3.05, 3.63) is 0 Å². The zero-order valence-electron chi connectivity index (χ0n) is 7.59. The lowest BCUT2D eigenvalue weighted by atomic mass is 10.5. The van der Waals surface area contributed by atoms with Gasteiger partial charge in [0.15, 0.2) is 0 Å². The molecule has 0 bridgehead atoms. The largest absolute Gasteiger partial charge is 0.338 e. The lowest BCUT2D eigenvalue weighted by Crippen LogP contribution is -2.44. The van der Waals surface area contributed by atoms with Crippen LogP contribution in [0.2, 0.25) is 0 Å². The maximum atomic E-state index is 11.9. The first-order valence-corrected chi connectivity index (χ1v) is 4.12. The molecule has 0 fully saturated rings. The quantitative estimate of drug-likeness (QED) is 0.660. The van der Waals surface area contributed by atoms with Crippen LogP contribution < -0.4 is 11.1 Å². The van der Waals surface area contributed by atoms with Crippen molar-refractivity contribution in [1.82, 2.24) is 10.2 Å². The maximum Gasteiger partial charge on any atom is 0.317 e. The Morgan fingerprint density at radius 3 is 2.62 bits per heavy atom. The molecular formula is C7H15F2N3O. The smallest absolute Gasteiger partial charge is 0.317 e. The molecule has 0 aliphatic carbocycles. The van der Waals surface area contributed by atoms with Gasteiger partial charge < -0.3 is 16.0 Å². The van der Waals surface area contributed by atoms with E-state index in [1.165, 1.54) is 0 Å². The van der Waals surface area contributed by atoms with Crippen LogP contribution in [0.25, 0.3) is 0 Å². The zero-order chi connectivity index (χ0) is 10.3. The molecule has 0 rings (SSSR count). The zero-order valence-corrected chi connectivity index (χ0v) is 7.59. The number of nitrogens with zero attached hydrogens (tertiary/aromatic N) is 1. The monoisotopic (exact) mass is 195 g/mol. The SMILES string of the molecule is CCNC(=O)N(CCN)CC(F)F. The summed E-state index contributed by atoms with van der Waals surface area (Å²) < 4.78 is 23.9. The van der Waals surface area contributed by atoms with Gasteiger partial charge in [-0.1, -0.05) is 0 Å². The van der Waals surface area contributed by atoms with E-state index in [2.05, 4.69) is 5.32 Å². The molecule has 0 saturated heterocycles. The molecular weight excluding hydrogens is 180 g/mol. The van der Waals surface area contributed by atoms with Crippen LogP contribution in [0.15, 0.2) is 0 Å². The Labute approximate surface area is 76.1 Å². The molecule has 4 nitrogen and oxygen atoms in total. The van der Waals surface area contributed by atoms with E-state index in [1.54, 1.807) is 6.92 Å². The highest BCUT2D eigenvalue weighted by Crippen LogP contribution is 1.97. The summed E-state index contributed by atoms with van der Waals surface area (Å²) in [5.74, 6) is 0. The Balaban J connectivity index is 3.98. The molecule has 0 heterocycles. The lowest BCUT2D eigenvalue weighted by Gasteiger charge is -2.21. The van der Waals surface area contributed by atoms with Gasteiger partial charge >= 0.3 is 6.03 Å². The summed E-state index contributed by atoms with van der Waals surface area (Å²) in [4.78, 5) is 12.1. The third-order valence-corrected chi connectivity index (χ3v) is 1.37. The number of nitrogens with one attached hydrogen (secondary N) is 1. The molecule has 13 heavy (non-hydrogen) atoms. The first-order valence-electron chi connectivity index (χ1n) is 4.12. The van der Waals surface area contributed by atoms with Gasteiger partial charge in [-0.05, 0) is 6.92 Å². The molecule has 0 unspecified atom stereocenters. The van der Waals surface area contributed by atoms with Gasteiger partial charge in [0.2, 0.25) is 0 Å². The predicted molar refractivity (Wildman–Crippen MR) is 45.7 cm³/mol. The van der Waals surface area contributed by atoms with Gasteiger partial charge in [0.25, 0.3) is 6.43 Å². The minimum atomic E-state index is -2.52.